The number of fused-ring (bicyclic) bond motifs is 1. The molecule has 2 rings (SSSR count). The third kappa shape index (κ3) is 3.36. The quantitative estimate of drug-likeness (QED) is 0.766. The van der Waals surface area contributed by atoms with Crippen molar-refractivity contribution in [2.24, 2.45) is 0 Å². The fourth-order valence-electron chi connectivity index (χ4n) is 2.32. The van der Waals surface area contributed by atoms with Crippen LogP contribution in [-0.4, -0.2) is 28.3 Å². The van der Waals surface area contributed by atoms with Crippen LogP contribution in [0.4, 0.5) is 0 Å². The Balaban J connectivity index is 2.23. The van der Waals surface area contributed by atoms with Gasteiger partial charge in [0.15, 0.2) is 0 Å². The lowest BCUT2D eigenvalue weighted by molar-refractivity contribution is 0.0701. The minimum Gasteiger partial charge on any atom is -0.477 e. The van der Waals surface area contributed by atoms with Crippen LogP contribution in [0.2, 0.25) is 0 Å². The number of thiophene rings is 1. The van der Waals surface area contributed by atoms with Crippen molar-refractivity contribution in [2.75, 3.05) is 0 Å². The molecule has 5 heteroatoms. The molecule has 0 aliphatic rings. The van der Waals surface area contributed by atoms with E-state index in [0.717, 1.165) is 15.6 Å². The Kier molecular flexibility index (Phi) is 4.75. The van der Waals surface area contributed by atoms with E-state index in [1.54, 1.807) is 6.92 Å². The summed E-state index contributed by atoms with van der Waals surface area (Å²) in [7, 11) is 0. The molecule has 108 valence electrons. The van der Waals surface area contributed by atoms with Gasteiger partial charge in [-0.05, 0) is 37.3 Å². The summed E-state index contributed by atoms with van der Waals surface area (Å²) >= 11 is 1.31. The van der Waals surface area contributed by atoms with Gasteiger partial charge in [-0.2, -0.15) is 0 Å². The maximum atomic E-state index is 11.4. The predicted octanol–water partition coefficient (Wildman–Crippen LogP) is 2.85. The second-order valence-corrected chi connectivity index (χ2v) is 6.13. The zero-order valence-electron chi connectivity index (χ0n) is 11.6. The minimum atomic E-state index is -0.883. The lowest BCUT2D eigenvalue weighted by Gasteiger charge is -2.15. The number of aliphatic hydroxyl groups excluding tert-OH is 1. The molecular formula is C15H19NO3S. The molecule has 20 heavy (non-hydrogen) atoms. The summed E-state index contributed by atoms with van der Waals surface area (Å²) in [4.78, 5) is 11.7. The molecule has 2 unspecified atom stereocenters. The molecule has 0 fully saturated rings. The van der Waals surface area contributed by atoms with Gasteiger partial charge < -0.3 is 15.5 Å². The van der Waals surface area contributed by atoms with Crippen LogP contribution < -0.4 is 5.32 Å². The van der Waals surface area contributed by atoms with Crippen LogP contribution in [0.3, 0.4) is 0 Å². The second kappa shape index (κ2) is 6.35. The lowest BCUT2D eigenvalue weighted by Crippen LogP contribution is -2.29. The van der Waals surface area contributed by atoms with Crippen molar-refractivity contribution in [1.82, 2.24) is 5.32 Å². The largest absolute Gasteiger partial charge is 0.477 e. The number of carbonyl (C=O) groups is 1. The van der Waals surface area contributed by atoms with E-state index in [4.69, 9.17) is 0 Å². The first-order chi connectivity index (χ1) is 9.49. The maximum Gasteiger partial charge on any atom is 0.346 e. The Labute approximate surface area is 122 Å². The summed E-state index contributed by atoms with van der Waals surface area (Å²) in [6.45, 7) is 4.24. The number of carboxylic acids is 1. The van der Waals surface area contributed by atoms with Gasteiger partial charge in [-0.25, -0.2) is 4.79 Å². The van der Waals surface area contributed by atoms with Gasteiger partial charge in [-0.1, -0.05) is 18.2 Å². The van der Waals surface area contributed by atoms with Crippen LogP contribution >= 0.6 is 11.3 Å². The molecule has 3 N–H and O–H groups in total. The summed E-state index contributed by atoms with van der Waals surface area (Å²) in [5.74, 6) is -0.883. The van der Waals surface area contributed by atoms with E-state index in [-0.39, 0.29) is 12.1 Å². The Hall–Kier alpha value is -1.43. The molecule has 4 nitrogen and oxygen atoms in total. The maximum absolute atomic E-state index is 11.4. The van der Waals surface area contributed by atoms with E-state index in [2.05, 4.69) is 5.32 Å². The Morgan fingerprint density at radius 1 is 1.35 bits per heavy atom. The normalized spacial score (nSPS) is 14.3. The summed E-state index contributed by atoms with van der Waals surface area (Å²) in [5.41, 5.74) is 0.829. The predicted molar refractivity (Wildman–Crippen MR) is 81.4 cm³/mol. The topological polar surface area (TPSA) is 69.6 Å². The van der Waals surface area contributed by atoms with Crippen molar-refractivity contribution in [1.29, 1.82) is 0 Å². The fourth-order valence-corrected chi connectivity index (χ4v) is 3.38. The molecule has 0 saturated heterocycles. The van der Waals surface area contributed by atoms with Crippen molar-refractivity contribution in [3.8, 4) is 0 Å². The van der Waals surface area contributed by atoms with Gasteiger partial charge in [-0.15, -0.1) is 11.3 Å². The highest BCUT2D eigenvalue weighted by molar-refractivity contribution is 7.21. The van der Waals surface area contributed by atoms with Crippen molar-refractivity contribution < 1.29 is 15.0 Å². The summed E-state index contributed by atoms with van der Waals surface area (Å²) < 4.78 is 0.991. The Bertz CT molecular complexity index is 606. The van der Waals surface area contributed by atoms with Gasteiger partial charge in [0.2, 0.25) is 0 Å². The fraction of sp³-hybridized carbons (Fsp3) is 0.400. The molecule has 2 aromatic rings. The van der Waals surface area contributed by atoms with E-state index >= 15 is 0 Å². The van der Waals surface area contributed by atoms with Gasteiger partial charge >= 0.3 is 5.97 Å². The second-order valence-electron chi connectivity index (χ2n) is 5.08. The summed E-state index contributed by atoms with van der Waals surface area (Å²) in [6, 6.07) is 7.86. The van der Waals surface area contributed by atoms with Gasteiger partial charge in [0.25, 0.3) is 0 Å². The molecule has 0 aliphatic carbocycles. The summed E-state index contributed by atoms with van der Waals surface area (Å²) in [5, 5.41) is 23.0. The van der Waals surface area contributed by atoms with Crippen LogP contribution in [0, 0.1) is 0 Å². The van der Waals surface area contributed by atoms with Crippen molar-refractivity contribution in [3.63, 3.8) is 0 Å². The number of nitrogens with one attached hydrogen (secondary N) is 1. The molecular weight excluding hydrogens is 274 g/mol. The monoisotopic (exact) mass is 293 g/mol. The average Bonchev–Trinajstić information content (AvgIpc) is 2.74. The minimum absolute atomic E-state index is 0.135. The van der Waals surface area contributed by atoms with E-state index in [9.17, 15) is 15.0 Å². The third-order valence-corrected chi connectivity index (χ3v) is 4.42. The standard InChI is InChI=1S/C15H19NO3S/c1-9(7-10(2)17)16-8-12-11-5-3-4-6-13(11)20-14(12)15(18)19/h3-6,9-10,16-17H,7-8H2,1-2H3,(H,18,19). The van der Waals surface area contributed by atoms with E-state index in [1.165, 1.54) is 11.3 Å². The van der Waals surface area contributed by atoms with Gasteiger partial charge in [0.1, 0.15) is 4.88 Å². The van der Waals surface area contributed by atoms with Crippen molar-refractivity contribution >= 4 is 27.4 Å². The zero-order valence-corrected chi connectivity index (χ0v) is 12.4. The van der Waals surface area contributed by atoms with Crippen molar-refractivity contribution in [2.45, 2.75) is 39.0 Å². The highest BCUT2D eigenvalue weighted by Gasteiger charge is 2.17. The van der Waals surface area contributed by atoms with Crippen LogP contribution in [-0.2, 0) is 6.54 Å². The van der Waals surface area contributed by atoms with Crippen LogP contribution in [0.5, 0.6) is 0 Å². The zero-order chi connectivity index (χ0) is 14.7. The van der Waals surface area contributed by atoms with Crippen molar-refractivity contribution in [3.05, 3.63) is 34.7 Å². The smallest absolute Gasteiger partial charge is 0.346 e. The first-order valence-electron chi connectivity index (χ1n) is 6.64. The van der Waals surface area contributed by atoms with Crippen LogP contribution in [0.25, 0.3) is 10.1 Å². The number of carboxylic acid groups (broad SMARTS) is 1. The number of benzene rings is 1. The average molecular weight is 293 g/mol. The van der Waals surface area contributed by atoms with E-state index in [0.29, 0.717) is 17.8 Å². The number of aromatic carboxylic acids is 1. The number of hydrogen-bond acceptors (Lipinski definition) is 4. The molecule has 2 atom stereocenters. The van der Waals surface area contributed by atoms with Gasteiger partial charge in [0.05, 0.1) is 6.10 Å². The highest BCUT2D eigenvalue weighted by Crippen LogP contribution is 2.31. The molecule has 1 heterocycles. The third-order valence-electron chi connectivity index (χ3n) is 3.21. The number of hydrogen-bond donors (Lipinski definition) is 3. The lowest BCUT2D eigenvalue weighted by atomic mass is 10.1. The highest BCUT2D eigenvalue weighted by atomic mass is 32.1. The first-order valence-corrected chi connectivity index (χ1v) is 7.46. The first kappa shape index (κ1) is 15.0. The van der Waals surface area contributed by atoms with Gasteiger partial charge in [0, 0.05) is 17.3 Å². The van der Waals surface area contributed by atoms with Crippen LogP contribution in [0.15, 0.2) is 24.3 Å². The molecule has 0 spiro atoms. The molecule has 0 amide bonds. The molecule has 0 saturated carbocycles. The molecule has 0 radical (unpaired) electrons. The molecule has 0 aliphatic heterocycles. The van der Waals surface area contributed by atoms with E-state index < -0.39 is 5.97 Å². The SMILES string of the molecule is CC(O)CC(C)NCc1c(C(=O)O)sc2ccccc12. The van der Waals surface area contributed by atoms with Gasteiger partial charge in [-0.3, -0.25) is 0 Å². The molecule has 1 aromatic heterocycles. The Morgan fingerprint density at radius 3 is 2.70 bits per heavy atom. The van der Waals surface area contributed by atoms with Crippen LogP contribution in [0.1, 0.15) is 35.5 Å². The number of aliphatic hydroxyl groups is 1. The molecule has 1 aromatic carbocycles. The Morgan fingerprint density at radius 2 is 2.05 bits per heavy atom. The molecule has 0 bridgehead atoms. The van der Waals surface area contributed by atoms with E-state index in [1.807, 2.05) is 31.2 Å². The summed E-state index contributed by atoms with van der Waals surface area (Å²) in [6.07, 6.45) is 0.278. The number of rotatable bonds is 6.